The largest absolute Gasteiger partial charge is 0.383 e. The molecule has 0 spiro atoms. The Morgan fingerprint density at radius 3 is 2.46 bits per heavy atom. The van der Waals surface area contributed by atoms with Crippen LogP contribution in [0.1, 0.15) is 22.6 Å². The third-order valence-electron chi connectivity index (χ3n) is 7.13. The summed E-state index contributed by atoms with van der Waals surface area (Å²) in [5.74, 6) is 1.93. The van der Waals surface area contributed by atoms with Crippen molar-refractivity contribution in [3.8, 4) is 11.1 Å². The van der Waals surface area contributed by atoms with E-state index in [0.29, 0.717) is 23.2 Å². The number of nitrogen functional groups attached to an aromatic ring is 1. The van der Waals surface area contributed by atoms with E-state index >= 15 is 0 Å². The van der Waals surface area contributed by atoms with Crippen LogP contribution in [0.5, 0.6) is 0 Å². The highest BCUT2D eigenvalue weighted by molar-refractivity contribution is 6.31. The number of aromatic nitrogens is 3. The van der Waals surface area contributed by atoms with Gasteiger partial charge in [0.05, 0.1) is 11.2 Å². The lowest BCUT2D eigenvalue weighted by atomic mass is 9.91. The van der Waals surface area contributed by atoms with Crippen molar-refractivity contribution in [1.82, 2.24) is 24.9 Å². The molecular weight excluding hydrogens is 486 g/mol. The molecule has 2 aromatic carbocycles. The predicted molar refractivity (Wildman–Crippen MR) is 150 cm³/mol. The molecule has 0 saturated carbocycles. The van der Waals surface area contributed by atoms with E-state index in [1.807, 2.05) is 44.2 Å². The Labute approximate surface area is 223 Å². The number of halogens is 1. The van der Waals surface area contributed by atoms with Gasteiger partial charge in [0, 0.05) is 61.7 Å². The maximum absolute atomic E-state index is 6.70. The summed E-state index contributed by atoms with van der Waals surface area (Å²) in [6, 6.07) is 12.0. The summed E-state index contributed by atoms with van der Waals surface area (Å²) in [5, 5.41) is 5.76. The van der Waals surface area contributed by atoms with Crippen LogP contribution in [0.4, 0.5) is 11.8 Å². The smallest absolute Gasteiger partial charge is 0.227 e. The van der Waals surface area contributed by atoms with Crippen molar-refractivity contribution in [2.45, 2.75) is 20.3 Å². The van der Waals surface area contributed by atoms with Gasteiger partial charge in [0.2, 0.25) is 5.95 Å². The van der Waals surface area contributed by atoms with E-state index < -0.39 is 0 Å². The number of aryl methyl sites for hydroxylation is 2. The summed E-state index contributed by atoms with van der Waals surface area (Å²) in [6.45, 7) is 9.73. The molecule has 2 N–H and O–H groups in total. The van der Waals surface area contributed by atoms with Gasteiger partial charge in [-0.3, -0.25) is 4.90 Å². The number of hydrogen-bond acceptors (Lipinski definition) is 8. The predicted octanol–water partition coefficient (Wildman–Crippen LogP) is 4.41. The number of likely N-dealkylation sites (N-methyl/N-ethyl adjacent to an activating group) is 1. The van der Waals surface area contributed by atoms with Crippen LogP contribution in [0.25, 0.3) is 22.0 Å². The van der Waals surface area contributed by atoms with Crippen molar-refractivity contribution in [1.29, 1.82) is 0 Å². The molecule has 3 heterocycles. The fourth-order valence-electron chi connectivity index (χ4n) is 5.08. The summed E-state index contributed by atoms with van der Waals surface area (Å²) in [4.78, 5) is 16.7. The van der Waals surface area contributed by atoms with Gasteiger partial charge >= 0.3 is 0 Å². The van der Waals surface area contributed by atoms with Crippen LogP contribution < -0.4 is 10.6 Å². The van der Waals surface area contributed by atoms with Gasteiger partial charge in [-0.05, 0) is 56.8 Å². The number of anilines is 2. The molecule has 0 amide bonds. The fourth-order valence-corrected chi connectivity index (χ4v) is 5.29. The molecule has 0 aliphatic carbocycles. The van der Waals surface area contributed by atoms with Crippen LogP contribution in [0.15, 0.2) is 40.9 Å². The van der Waals surface area contributed by atoms with Crippen LogP contribution in [0.3, 0.4) is 0 Å². The van der Waals surface area contributed by atoms with Crippen LogP contribution in [-0.2, 0) is 6.42 Å². The highest BCUT2D eigenvalue weighted by Crippen LogP contribution is 2.38. The standard InChI is InChI=1S/C28H34ClN7O/c1-18-25(19(2)37-33-18)21-9-10-24-26(22(21)17-20-7-5-6-8-23(20)29)27(30)32-28(31-24)36-15-13-35(14-16-36)12-11-34(3)4/h5-10H,11-17H2,1-4H3,(H2,30,31,32). The van der Waals surface area contributed by atoms with Crippen LogP contribution >= 0.6 is 11.6 Å². The topological polar surface area (TPSA) is 87.6 Å². The van der Waals surface area contributed by atoms with Gasteiger partial charge in [0.15, 0.2) is 0 Å². The lowest BCUT2D eigenvalue weighted by Crippen LogP contribution is -2.48. The third-order valence-corrected chi connectivity index (χ3v) is 7.50. The molecule has 8 nitrogen and oxygen atoms in total. The summed E-state index contributed by atoms with van der Waals surface area (Å²) in [7, 11) is 4.22. The van der Waals surface area contributed by atoms with Crippen molar-refractivity contribution in [3.05, 3.63) is 64.0 Å². The molecule has 0 bridgehead atoms. The average molecular weight is 520 g/mol. The molecule has 5 rings (SSSR count). The van der Waals surface area contributed by atoms with E-state index in [9.17, 15) is 0 Å². The maximum atomic E-state index is 6.70. The molecule has 1 saturated heterocycles. The Morgan fingerprint density at radius 1 is 1.03 bits per heavy atom. The SMILES string of the molecule is Cc1noc(C)c1-c1ccc2nc(N3CCN(CCN(C)C)CC3)nc(N)c2c1Cc1ccccc1Cl. The van der Waals surface area contributed by atoms with E-state index in [1.165, 1.54) is 0 Å². The van der Waals surface area contributed by atoms with Crippen molar-refractivity contribution >= 4 is 34.3 Å². The van der Waals surface area contributed by atoms with Gasteiger partial charge in [-0.25, -0.2) is 4.98 Å². The Kier molecular flexibility index (Phi) is 7.33. The summed E-state index contributed by atoms with van der Waals surface area (Å²) in [6.07, 6.45) is 0.591. The van der Waals surface area contributed by atoms with Gasteiger partial charge in [0.25, 0.3) is 0 Å². The van der Waals surface area contributed by atoms with Crippen molar-refractivity contribution in [3.63, 3.8) is 0 Å². The molecule has 1 aliphatic heterocycles. The minimum Gasteiger partial charge on any atom is -0.383 e. The minimum absolute atomic E-state index is 0.478. The fraction of sp³-hybridized carbons (Fsp3) is 0.393. The molecule has 194 valence electrons. The molecule has 0 atom stereocenters. The summed E-state index contributed by atoms with van der Waals surface area (Å²) >= 11 is 6.58. The number of rotatable bonds is 7. The number of benzene rings is 2. The maximum Gasteiger partial charge on any atom is 0.227 e. The van der Waals surface area contributed by atoms with Crippen LogP contribution in [0, 0.1) is 13.8 Å². The zero-order valence-corrected chi connectivity index (χ0v) is 22.7. The zero-order valence-electron chi connectivity index (χ0n) is 22.0. The molecule has 2 aromatic heterocycles. The first kappa shape index (κ1) is 25.4. The van der Waals surface area contributed by atoms with E-state index in [1.54, 1.807) is 0 Å². The van der Waals surface area contributed by atoms with Gasteiger partial charge in [-0.1, -0.05) is 41.0 Å². The van der Waals surface area contributed by atoms with Crippen LogP contribution in [0.2, 0.25) is 5.02 Å². The normalized spacial score (nSPS) is 14.7. The number of piperazine rings is 1. The Morgan fingerprint density at radius 2 is 1.78 bits per heavy atom. The van der Waals surface area contributed by atoms with E-state index in [0.717, 1.165) is 83.9 Å². The highest BCUT2D eigenvalue weighted by Gasteiger charge is 2.23. The number of fused-ring (bicyclic) bond motifs is 1. The molecule has 9 heteroatoms. The zero-order chi connectivity index (χ0) is 26.1. The lowest BCUT2D eigenvalue weighted by molar-refractivity contribution is 0.229. The highest BCUT2D eigenvalue weighted by atomic mass is 35.5. The average Bonchev–Trinajstić information content (AvgIpc) is 3.22. The van der Waals surface area contributed by atoms with Crippen molar-refractivity contribution in [2.24, 2.45) is 0 Å². The molecule has 4 aromatic rings. The van der Waals surface area contributed by atoms with E-state index in [2.05, 4.69) is 40.0 Å². The molecule has 1 fully saturated rings. The third kappa shape index (κ3) is 5.28. The first-order chi connectivity index (χ1) is 17.8. The summed E-state index contributed by atoms with van der Waals surface area (Å²) < 4.78 is 5.51. The lowest BCUT2D eigenvalue weighted by Gasteiger charge is -2.35. The Hall–Kier alpha value is -3.20. The second-order valence-electron chi connectivity index (χ2n) is 9.99. The summed E-state index contributed by atoms with van der Waals surface area (Å²) in [5.41, 5.74) is 12.4. The van der Waals surface area contributed by atoms with Gasteiger partial charge in [-0.2, -0.15) is 4.98 Å². The van der Waals surface area contributed by atoms with Crippen molar-refractivity contribution < 1.29 is 4.52 Å². The van der Waals surface area contributed by atoms with E-state index in [4.69, 9.17) is 31.8 Å². The number of hydrogen-bond donors (Lipinski definition) is 1. The minimum atomic E-state index is 0.478. The first-order valence-electron chi connectivity index (χ1n) is 12.7. The van der Waals surface area contributed by atoms with E-state index in [-0.39, 0.29) is 0 Å². The number of nitrogens with two attached hydrogens (primary N) is 1. The molecule has 0 radical (unpaired) electrons. The molecular formula is C28H34ClN7O. The molecule has 0 unspecified atom stereocenters. The Bertz CT molecular complexity index is 1390. The monoisotopic (exact) mass is 519 g/mol. The second kappa shape index (κ2) is 10.7. The van der Waals surface area contributed by atoms with Crippen LogP contribution in [-0.4, -0.2) is 78.3 Å². The van der Waals surface area contributed by atoms with Crippen molar-refractivity contribution in [2.75, 3.05) is 64.0 Å². The van der Waals surface area contributed by atoms with Gasteiger partial charge in [-0.15, -0.1) is 0 Å². The first-order valence-corrected chi connectivity index (χ1v) is 13.1. The Balaban J connectivity index is 1.54. The number of nitrogens with zero attached hydrogens (tertiary/aromatic N) is 6. The quantitative estimate of drug-likeness (QED) is 0.384. The molecule has 1 aliphatic rings. The van der Waals surface area contributed by atoms with Gasteiger partial charge in [0.1, 0.15) is 11.6 Å². The molecule has 37 heavy (non-hydrogen) atoms. The van der Waals surface area contributed by atoms with Gasteiger partial charge < -0.3 is 20.1 Å². The second-order valence-corrected chi connectivity index (χ2v) is 10.4.